The number of nitrogens with one attached hydrogen (secondary N) is 1. The van der Waals surface area contributed by atoms with E-state index in [0.717, 1.165) is 38.8 Å². The normalized spacial score (nSPS) is 33.2. The maximum Gasteiger partial charge on any atom is 0.123 e. The molecule has 2 fully saturated rings. The van der Waals surface area contributed by atoms with Crippen LogP contribution in [0.25, 0.3) is 0 Å². The van der Waals surface area contributed by atoms with E-state index in [9.17, 15) is 4.39 Å². The number of hydrogen-bond acceptors (Lipinski definition) is 3. The summed E-state index contributed by atoms with van der Waals surface area (Å²) in [6, 6.07) is 6.91. The largest absolute Gasteiger partial charge is 0.378 e. The minimum absolute atomic E-state index is 0.0810. The average Bonchev–Trinajstić information content (AvgIpc) is 2.48. The van der Waals surface area contributed by atoms with Gasteiger partial charge < -0.3 is 9.47 Å². The lowest BCUT2D eigenvalue weighted by Crippen LogP contribution is -2.50. The van der Waals surface area contributed by atoms with E-state index in [-0.39, 0.29) is 17.5 Å². The molecule has 21 heavy (non-hydrogen) atoms. The van der Waals surface area contributed by atoms with E-state index in [1.807, 2.05) is 19.1 Å². The van der Waals surface area contributed by atoms with Gasteiger partial charge in [-0.25, -0.2) is 4.39 Å². The summed E-state index contributed by atoms with van der Waals surface area (Å²) in [6.45, 7) is 4.39. The van der Waals surface area contributed by atoms with Gasteiger partial charge in [-0.3, -0.25) is 5.32 Å². The van der Waals surface area contributed by atoms with Crippen molar-refractivity contribution >= 4 is 0 Å². The molecule has 0 aromatic heterocycles. The van der Waals surface area contributed by atoms with Crippen LogP contribution in [-0.2, 0) is 9.47 Å². The van der Waals surface area contributed by atoms with Gasteiger partial charge in [0.15, 0.2) is 0 Å². The molecule has 0 amide bonds. The number of rotatable bonds is 3. The zero-order valence-corrected chi connectivity index (χ0v) is 12.6. The number of hydrogen-bond donors (Lipinski definition) is 1. The lowest BCUT2D eigenvalue weighted by atomic mass is 9.72. The third kappa shape index (κ3) is 3.44. The molecule has 1 aromatic carbocycles. The zero-order valence-electron chi connectivity index (χ0n) is 12.6. The van der Waals surface area contributed by atoms with E-state index >= 15 is 0 Å². The minimum atomic E-state index is -0.177. The van der Waals surface area contributed by atoms with Crippen LogP contribution in [0.15, 0.2) is 24.3 Å². The molecule has 1 saturated heterocycles. The number of ether oxygens (including phenoxy) is 2. The summed E-state index contributed by atoms with van der Waals surface area (Å²) in [5, 5.41) is 3.25. The molecule has 1 spiro atoms. The monoisotopic (exact) mass is 293 g/mol. The van der Waals surface area contributed by atoms with Gasteiger partial charge in [0.1, 0.15) is 5.82 Å². The fraction of sp³-hybridized carbons (Fsp3) is 0.647. The van der Waals surface area contributed by atoms with Gasteiger partial charge in [0.25, 0.3) is 0 Å². The van der Waals surface area contributed by atoms with Crippen LogP contribution in [0.3, 0.4) is 0 Å². The van der Waals surface area contributed by atoms with Crippen LogP contribution in [0.4, 0.5) is 4.39 Å². The second-order valence-electron chi connectivity index (χ2n) is 6.19. The second-order valence-corrected chi connectivity index (χ2v) is 6.19. The van der Waals surface area contributed by atoms with Crippen LogP contribution < -0.4 is 5.32 Å². The smallest absolute Gasteiger partial charge is 0.123 e. The summed E-state index contributed by atoms with van der Waals surface area (Å²) in [6.07, 6.45) is 4.23. The number of halogens is 1. The molecule has 116 valence electrons. The van der Waals surface area contributed by atoms with Crippen molar-refractivity contribution < 1.29 is 13.9 Å². The van der Waals surface area contributed by atoms with Crippen molar-refractivity contribution in [3.05, 3.63) is 35.6 Å². The lowest BCUT2D eigenvalue weighted by Gasteiger charge is -2.46. The van der Waals surface area contributed by atoms with Gasteiger partial charge >= 0.3 is 0 Å². The Hall–Kier alpha value is -0.970. The standard InChI is InChI=1S/C17H24FNO2/c1-2-20-16-9-14(13-3-5-15(18)6-4-13)10-17(11-16)7-8-19-12-21-17/h3-6,14,16,19H,2,7-12H2,1H3. The van der Waals surface area contributed by atoms with Crippen molar-refractivity contribution in [1.29, 1.82) is 0 Å². The molecule has 4 heteroatoms. The molecule has 1 heterocycles. The van der Waals surface area contributed by atoms with Crippen molar-refractivity contribution in [3.8, 4) is 0 Å². The van der Waals surface area contributed by atoms with Crippen LogP contribution >= 0.6 is 0 Å². The van der Waals surface area contributed by atoms with Gasteiger partial charge in [-0.05, 0) is 56.3 Å². The van der Waals surface area contributed by atoms with Gasteiger partial charge in [-0.15, -0.1) is 0 Å². The Balaban J connectivity index is 1.80. The molecule has 3 unspecified atom stereocenters. The fourth-order valence-corrected chi connectivity index (χ4v) is 3.77. The predicted octanol–water partition coefficient (Wildman–Crippen LogP) is 3.20. The first kappa shape index (κ1) is 14.9. The van der Waals surface area contributed by atoms with Crippen LogP contribution in [-0.4, -0.2) is 31.6 Å². The summed E-state index contributed by atoms with van der Waals surface area (Å²) in [7, 11) is 0. The van der Waals surface area contributed by atoms with E-state index in [1.165, 1.54) is 5.56 Å². The van der Waals surface area contributed by atoms with Crippen molar-refractivity contribution in [2.45, 2.75) is 50.2 Å². The Bertz CT molecular complexity index is 456. The molecule has 1 aliphatic heterocycles. The van der Waals surface area contributed by atoms with Gasteiger partial charge in [0.2, 0.25) is 0 Å². The summed E-state index contributed by atoms with van der Waals surface area (Å²) in [5.41, 5.74) is 1.12. The highest BCUT2D eigenvalue weighted by Crippen LogP contribution is 2.44. The molecular formula is C17H24FNO2. The van der Waals surface area contributed by atoms with Gasteiger partial charge in [-0.2, -0.15) is 0 Å². The Kier molecular flexibility index (Phi) is 4.57. The first-order valence-electron chi connectivity index (χ1n) is 7.92. The van der Waals surface area contributed by atoms with Gasteiger partial charge in [-0.1, -0.05) is 12.1 Å². The second kappa shape index (κ2) is 6.42. The van der Waals surface area contributed by atoms with Crippen molar-refractivity contribution in [1.82, 2.24) is 5.32 Å². The van der Waals surface area contributed by atoms with Crippen molar-refractivity contribution in [2.24, 2.45) is 0 Å². The lowest BCUT2D eigenvalue weighted by molar-refractivity contribution is -0.141. The first-order valence-corrected chi connectivity index (χ1v) is 7.92. The first-order chi connectivity index (χ1) is 10.2. The van der Waals surface area contributed by atoms with Crippen LogP contribution in [0, 0.1) is 5.82 Å². The topological polar surface area (TPSA) is 30.5 Å². The Morgan fingerprint density at radius 2 is 2.14 bits per heavy atom. The molecule has 1 N–H and O–H groups in total. The highest BCUT2D eigenvalue weighted by molar-refractivity contribution is 5.22. The van der Waals surface area contributed by atoms with E-state index in [2.05, 4.69) is 5.32 Å². The molecule has 1 aromatic rings. The maximum absolute atomic E-state index is 13.1. The molecule has 0 bridgehead atoms. The fourth-order valence-electron chi connectivity index (χ4n) is 3.77. The predicted molar refractivity (Wildman–Crippen MR) is 79.7 cm³/mol. The molecule has 1 saturated carbocycles. The summed E-state index contributed by atoms with van der Waals surface area (Å²) in [5.74, 6) is 0.206. The van der Waals surface area contributed by atoms with Crippen LogP contribution in [0.2, 0.25) is 0 Å². The van der Waals surface area contributed by atoms with Gasteiger partial charge in [0, 0.05) is 13.0 Å². The summed E-state index contributed by atoms with van der Waals surface area (Å²) < 4.78 is 25.1. The van der Waals surface area contributed by atoms with E-state index in [1.54, 1.807) is 12.1 Å². The van der Waals surface area contributed by atoms with E-state index < -0.39 is 0 Å². The molecular weight excluding hydrogens is 269 g/mol. The Morgan fingerprint density at radius 3 is 2.81 bits per heavy atom. The third-order valence-corrected chi connectivity index (χ3v) is 4.75. The Morgan fingerprint density at radius 1 is 1.33 bits per heavy atom. The molecule has 3 nitrogen and oxygen atoms in total. The third-order valence-electron chi connectivity index (χ3n) is 4.75. The quantitative estimate of drug-likeness (QED) is 0.928. The van der Waals surface area contributed by atoms with Crippen LogP contribution in [0.1, 0.15) is 44.1 Å². The number of benzene rings is 1. The zero-order chi connectivity index (χ0) is 14.7. The van der Waals surface area contributed by atoms with Gasteiger partial charge in [0.05, 0.1) is 18.4 Å². The maximum atomic E-state index is 13.1. The van der Waals surface area contributed by atoms with E-state index in [0.29, 0.717) is 12.6 Å². The molecule has 3 rings (SSSR count). The van der Waals surface area contributed by atoms with Crippen molar-refractivity contribution in [2.75, 3.05) is 19.9 Å². The highest BCUT2D eigenvalue weighted by atomic mass is 19.1. The molecule has 2 aliphatic rings. The minimum Gasteiger partial charge on any atom is -0.378 e. The van der Waals surface area contributed by atoms with Crippen molar-refractivity contribution in [3.63, 3.8) is 0 Å². The molecule has 3 atom stereocenters. The average molecular weight is 293 g/mol. The summed E-state index contributed by atoms with van der Waals surface area (Å²) in [4.78, 5) is 0. The van der Waals surface area contributed by atoms with Crippen LogP contribution in [0.5, 0.6) is 0 Å². The van der Waals surface area contributed by atoms with E-state index in [4.69, 9.17) is 9.47 Å². The SMILES string of the molecule is CCOC1CC(c2ccc(F)cc2)CC2(CCNCO2)C1. The Labute approximate surface area is 125 Å². The highest BCUT2D eigenvalue weighted by Gasteiger charge is 2.43. The molecule has 1 aliphatic carbocycles. The summed E-state index contributed by atoms with van der Waals surface area (Å²) >= 11 is 0. The molecule has 0 radical (unpaired) electrons.